The number of hydrogen-bond donors (Lipinski definition) is 0. The number of aromatic nitrogens is 2. The minimum Gasteiger partial charge on any atom is -0.444 e. The van der Waals surface area contributed by atoms with Gasteiger partial charge < -0.3 is 4.74 Å². The summed E-state index contributed by atoms with van der Waals surface area (Å²) < 4.78 is 5.38. The molecule has 2 aromatic carbocycles. The predicted octanol–water partition coefficient (Wildman–Crippen LogP) is 3.17. The number of carbonyl (C=O) groups is 2. The smallest absolute Gasteiger partial charge is 0.359 e. The van der Waals surface area contributed by atoms with E-state index in [1.54, 1.807) is 30.3 Å². The predicted molar refractivity (Wildman–Crippen MR) is 94.1 cm³/mol. The second-order valence-corrected chi connectivity index (χ2v) is 5.45. The largest absolute Gasteiger partial charge is 0.444 e. The average molecular weight is 363 g/mol. The standard InChI is InChI=1S/C19H13N3O5/c23-17(13-4-2-1-3-5-13)18(14-6-8-15(9-7-14)22(25)26)27-19(24)16-12-20-10-11-21-16/h1-12,18H. The van der Waals surface area contributed by atoms with E-state index in [-0.39, 0.29) is 11.4 Å². The molecule has 0 aliphatic rings. The number of nitro groups is 1. The van der Waals surface area contributed by atoms with Gasteiger partial charge in [0, 0.05) is 35.7 Å². The van der Waals surface area contributed by atoms with E-state index < -0.39 is 22.8 Å². The highest BCUT2D eigenvalue weighted by molar-refractivity contribution is 6.01. The van der Waals surface area contributed by atoms with Crippen LogP contribution in [0.3, 0.4) is 0 Å². The van der Waals surface area contributed by atoms with Crippen molar-refractivity contribution in [3.63, 3.8) is 0 Å². The highest BCUT2D eigenvalue weighted by atomic mass is 16.6. The molecule has 3 aromatic rings. The number of ether oxygens (including phenoxy) is 1. The van der Waals surface area contributed by atoms with Crippen LogP contribution < -0.4 is 0 Å². The Labute approximate surface area is 153 Å². The number of carbonyl (C=O) groups excluding carboxylic acids is 2. The van der Waals surface area contributed by atoms with Gasteiger partial charge in [-0.25, -0.2) is 9.78 Å². The third-order valence-electron chi connectivity index (χ3n) is 3.70. The van der Waals surface area contributed by atoms with Gasteiger partial charge in [-0.15, -0.1) is 0 Å². The molecular formula is C19H13N3O5. The van der Waals surface area contributed by atoms with Crippen LogP contribution >= 0.6 is 0 Å². The summed E-state index contributed by atoms with van der Waals surface area (Å²) in [5.41, 5.74) is 0.467. The lowest BCUT2D eigenvalue weighted by molar-refractivity contribution is -0.384. The minimum atomic E-state index is -1.28. The molecule has 0 fully saturated rings. The fourth-order valence-electron chi connectivity index (χ4n) is 2.37. The maximum Gasteiger partial charge on any atom is 0.359 e. The van der Waals surface area contributed by atoms with Crippen molar-refractivity contribution in [1.29, 1.82) is 0 Å². The molecule has 3 rings (SSSR count). The van der Waals surface area contributed by atoms with Gasteiger partial charge in [0.05, 0.1) is 11.1 Å². The first-order valence-electron chi connectivity index (χ1n) is 7.87. The second kappa shape index (κ2) is 7.96. The molecule has 0 aliphatic heterocycles. The fraction of sp³-hybridized carbons (Fsp3) is 0.0526. The van der Waals surface area contributed by atoms with Crippen LogP contribution in [0.25, 0.3) is 0 Å². The van der Waals surface area contributed by atoms with Crippen LogP contribution in [-0.2, 0) is 4.74 Å². The van der Waals surface area contributed by atoms with Gasteiger partial charge in [-0.2, -0.15) is 0 Å². The quantitative estimate of drug-likeness (QED) is 0.286. The van der Waals surface area contributed by atoms with Crippen molar-refractivity contribution in [3.05, 3.63) is 100 Å². The fourth-order valence-corrected chi connectivity index (χ4v) is 2.37. The van der Waals surface area contributed by atoms with E-state index in [1.165, 1.54) is 42.9 Å². The molecule has 134 valence electrons. The van der Waals surface area contributed by atoms with Crippen LogP contribution in [-0.4, -0.2) is 26.6 Å². The Morgan fingerprint density at radius 3 is 2.30 bits per heavy atom. The van der Waals surface area contributed by atoms with Gasteiger partial charge in [0.15, 0.2) is 11.8 Å². The van der Waals surface area contributed by atoms with Gasteiger partial charge in [0.25, 0.3) is 5.69 Å². The van der Waals surface area contributed by atoms with Gasteiger partial charge in [-0.3, -0.25) is 19.9 Å². The molecule has 0 bridgehead atoms. The minimum absolute atomic E-state index is 0.0507. The van der Waals surface area contributed by atoms with E-state index in [4.69, 9.17) is 4.74 Å². The summed E-state index contributed by atoms with van der Waals surface area (Å²) in [6, 6.07) is 13.6. The van der Waals surface area contributed by atoms with Crippen molar-refractivity contribution in [2.24, 2.45) is 0 Å². The van der Waals surface area contributed by atoms with Crippen molar-refractivity contribution in [2.45, 2.75) is 6.10 Å². The van der Waals surface area contributed by atoms with E-state index in [9.17, 15) is 19.7 Å². The number of nitrogens with zero attached hydrogens (tertiary/aromatic N) is 3. The zero-order valence-corrected chi connectivity index (χ0v) is 13.9. The summed E-state index contributed by atoms with van der Waals surface area (Å²) in [5, 5.41) is 10.8. The summed E-state index contributed by atoms with van der Waals surface area (Å²) in [6.45, 7) is 0. The number of hydrogen-bond acceptors (Lipinski definition) is 7. The Hall–Kier alpha value is -3.94. The summed E-state index contributed by atoms with van der Waals surface area (Å²) in [4.78, 5) is 43.2. The molecule has 1 unspecified atom stereocenters. The lowest BCUT2D eigenvalue weighted by Gasteiger charge is -2.17. The molecule has 0 radical (unpaired) electrons. The van der Waals surface area contributed by atoms with E-state index in [0.717, 1.165) is 0 Å². The van der Waals surface area contributed by atoms with Gasteiger partial charge in [-0.05, 0) is 12.1 Å². The average Bonchev–Trinajstić information content (AvgIpc) is 2.72. The normalized spacial score (nSPS) is 11.4. The molecule has 27 heavy (non-hydrogen) atoms. The zero-order valence-electron chi connectivity index (χ0n) is 13.9. The Morgan fingerprint density at radius 1 is 1.00 bits per heavy atom. The molecule has 8 nitrogen and oxygen atoms in total. The van der Waals surface area contributed by atoms with Crippen molar-refractivity contribution in [3.8, 4) is 0 Å². The molecule has 0 aliphatic carbocycles. The maximum absolute atomic E-state index is 12.9. The molecule has 1 heterocycles. The molecule has 0 saturated heterocycles. The number of ketones is 1. The van der Waals surface area contributed by atoms with Gasteiger partial charge in [0.1, 0.15) is 0 Å². The Morgan fingerprint density at radius 2 is 1.70 bits per heavy atom. The van der Waals surface area contributed by atoms with E-state index in [0.29, 0.717) is 11.1 Å². The Bertz CT molecular complexity index is 960. The highest BCUT2D eigenvalue weighted by Gasteiger charge is 2.27. The van der Waals surface area contributed by atoms with Crippen molar-refractivity contribution in [1.82, 2.24) is 9.97 Å². The third kappa shape index (κ3) is 4.18. The molecule has 0 saturated carbocycles. The van der Waals surface area contributed by atoms with Gasteiger partial charge in [0.2, 0.25) is 5.78 Å². The van der Waals surface area contributed by atoms with Crippen LogP contribution in [0.4, 0.5) is 5.69 Å². The van der Waals surface area contributed by atoms with Gasteiger partial charge in [-0.1, -0.05) is 30.3 Å². The van der Waals surface area contributed by atoms with Crippen LogP contribution in [0.15, 0.2) is 73.2 Å². The molecular weight excluding hydrogens is 350 g/mol. The van der Waals surface area contributed by atoms with Crippen LogP contribution in [0.2, 0.25) is 0 Å². The van der Waals surface area contributed by atoms with Crippen molar-refractivity contribution >= 4 is 17.4 Å². The number of esters is 1. The van der Waals surface area contributed by atoms with E-state index >= 15 is 0 Å². The molecule has 1 aromatic heterocycles. The first kappa shape index (κ1) is 17.9. The number of nitro benzene ring substituents is 1. The molecule has 1 atom stereocenters. The van der Waals surface area contributed by atoms with Crippen molar-refractivity contribution in [2.75, 3.05) is 0 Å². The lowest BCUT2D eigenvalue weighted by atomic mass is 9.99. The highest BCUT2D eigenvalue weighted by Crippen LogP contribution is 2.25. The topological polar surface area (TPSA) is 112 Å². The summed E-state index contributed by atoms with van der Waals surface area (Å²) in [6.07, 6.45) is 2.68. The Balaban J connectivity index is 1.94. The van der Waals surface area contributed by atoms with E-state index in [1.807, 2.05) is 0 Å². The van der Waals surface area contributed by atoms with E-state index in [2.05, 4.69) is 9.97 Å². The molecule has 0 N–H and O–H groups in total. The van der Waals surface area contributed by atoms with Crippen LogP contribution in [0.5, 0.6) is 0 Å². The Kier molecular flexibility index (Phi) is 5.27. The SMILES string of the molecule is O=C(OC(C(=O)c1ccccc1)c1ccc([N+](=O)[O-])cc1)c1cnccn1. The van der Waals surface area contributed by atoms with Crippen LogP contribution in [0.1, 0.15) is 32.5 Å². The lowest BCUT2D eigenvalue weighted by Crippen LogP contribution is -2.21. The third-order valence-corrected chi connectivity index (χ3v) is 3.70. The summed E-state index contributed by atoms with van der Waals surface area (Å²) in [7, 11) is 0. The molecule has 8 heteroatoms. The number of non-ortho nitro benzene ring substituents is 1. The monoisotopic (exact) mass is 363 g/mol. The second-order valence-electron chi connectivity index (χ2n) is 5.45. The first-order valence-corrected chi connectivity index (χ1v) is 7.87. The zero-order chi connectivity index (χ0) is 19.2. The summed E-state index contributed by atoms with van der Waals surface area (Å²) in [5.74, 6) is -1.28. The van der Waals surface area contributed by atoms with Gasteiger partial charge >= 0.3 is 5.97 Å². The van der Waals surface area contributed by atoms with Crippen LogP contribution in [0, 0.1) is 10.1 Å². The number of rotatable bonds is 6. The molecule has 0 spiro atoms. The number of benzene rings is 2. The summed E-state index contributed by atoms with van der Waals surface area (Å²) >= 11 is 0. The molecule has 0 amide bonds. The first-order chi connectivity index (χ1) is 13.1. The maximum atomic E-state index is 12.9. The number of Topliss-reactive ketones (excluding diaryl/α,β-unsaturated/α-hetero) is 1. The van der Waals surface area contributed by atoms with Crippen molar-refractivity contribution < 1.29 is 19.2 Å².